The van der Waals surface area contributed by atoms with Crippen molar-refractivity contribution in [2.45, 2.75) is 26.4 Å². The highest BCUT2D eigenvalue weighted by Gasteiger charge is 2.16. The minimum atomic E-state index is -0.539. The van der Waals surface area contributed by atoms with Gasteiger partial charge < -0.3 is 19.9 Å². The summed E-state index contributed by atoms with van der Waals surface area (Å²) in [5, 5.41) is 9.06. The first kappa shape index (κ1) is 24.8. The van der Waals surface area contributed by atoms with Crippen LogP contribution in [0.4, 0.5) is 16.2 Å². The summed E-state index contributed by atoms with van der Waals surface area (Å²) in [5.74, 6) is 1.18. The molecule has 12 nitrogen and oxygen atoms in total. The molecule has 0 aliphatic rings. The molecule has 0 saturated carbocycles. The summed E-state index contributed by atoms with van der Waals surface area (Å²) in [6, 6.07) is 13.5. The van der Waals surface area contributed by atoms with Crippen molar-refractivity contribution in [3.8, 4) is 11.5 Å². The van der Waals surface area contributed by atoms with Gasteiger partial charge in [-0.05, 0) is 80.4 Å². The van der Waals surface area contributed by atoms with E-state index in [-0.39, 0.29) is 13.5 Å². The van der Waals surface area contributed by atoms with E-state index in [1.165, 1.54) is 0 Å². The molecule has 0 aromatic heterocycles. The summed E-state index contributed by atoms with van der Waals surface area (Å²) in [6.45, 7) is 5.30. The molecule has 0 unspecified atom stereocenters. The van der Waals surface area contributed by atoms with Crippen molar-refractivity contribution in [1.82, 2.24) is 0 Å². The summed E-state index contributed by atoms with van der Waals surface area (Å²) in [7, 11) is 0. The lowest BCUT2D eigenvalue weighted by molar-refractivity contribution is 0.0636. The number of anilines is 2. The van der Waals surface area contributed by atoms with Crippen LogP contribution in [0.15, 0.2) is 58.8 Å². The predicted octanol–water partition coefficient (Wildman–Crippen LogP) is 5.60. The van der Waals surface area contributed by atoms with Crippen molar-refractivity contribution in [2.75, 3.05) is 24.5 Å². The van der Waals surface area contributed by atoms with Crippen molar-refractivity contribution in [3.63, 3.8) is 0 Å². The fourth-order valence-electron chi connectivity index (χ4n) is 1.88. The van der Waals surface area contributed by atoms with Gasteiger partial charge in [0, 0.05) is 21.2 Å². The number of rotatable bonds is 7. The van der Waals surface area contributed by atoms with Crippen LogP contribution in [0.2, 0.25) is 0 Å². The number of nitrogens with two attached hydrogens (primary N) is 1. The maximum atomic E-state index is 11.5. The Morgan fingerprint density at radius 2 is 1.39 bits per heavy atom. The van der Waals surface area contributed by atoms with Crippen LogP contribution in [-0.4, -0.2) is 25.2 Å². The highest BCUT2D eigenvalue weighted by molar-refractivity contribution is 5.84. The van der Waals surface area contributed by atoms with Crippen LogP contribution in [0.3, 0.4) is 0 Å². The van der Waals surface area contributed by atoms with Crippen molar-refractivity contribution in [1.29, 1.82) is 0 Å². The van der Waals surface area contributed by atoms with E-state index in [0.717, 1.165) is 0 Å². The number of nitrogens with zero attached hydrogens (tertiary/aromatic N) is 6. The van der Waals surface area contributed by atoms with Crippen LogP contribution in [0.5, 0.6) is 11.5 Å². The van der Waals surface area contributed by atoms with Gasteiger partial charge in [-0.15, -0.1) is 0 Å². The van der Waals surface area contributed by atoms with Crippen LogP contribution < -0.4 is 20.5 Å². The third-order valence-electron chi connectivity index (χ3n) is 3.08. The second-order valence-corrected chi connectivity index (χ2v) is 6.73. The molecule has 0 fully saturated rings. The molecule has 164 valence electrons. The fraction of sp³-hybridized carbons (Fsp3) is 0.316. The van der Waals surface area contributed by atoms with Crippen LogP contribution in [-0.2, 0) is 4.74 Å². The lowest BCUT2D eigenvalue weighted by Crippen LogP contribution is -2.27. The lowest BCUT2D eigenvalue weighted by atomic mass is 10.2. The number of azide groups is 2. The maximum Gasteiger partial charge on any atom is 0.412 e. The monoisotopic (exact) mass is 428 g/mol. The summed E-state index contributed by atoms with van der Waals surface area (Å²) < 4.78 is 15.3. The fourth-order valence-corrected chi connectivity index (χ4v) is 1.88. The Balaban J connectivity index is 0.000000343. The molecule has 2 aromatic carbocycles. The number of benzene rings is 2. The first-order valence-electron chi connectivity index (χ1n) is 8.96. The number of hydrogen-bond donors (Lipinski definition) is 2. The number of hydrogen-bond acceptors (Lipinski definition) is 7. The Bertz CT molecular complexity index is 913. The number of ether oxygens (including phenoxy) is 3. The average Bonchev–Trinajstić information content (AvgIpc) is 2.70. The number of nitrogen functional groups attached to an aromatic ring is 1. The van der Waals surface area contributed by atoms with E-state index in [2.05, 4.69) is 25.4 Å². The Hall–Kier alpha value is -4.27. The van der Waals surface area contributed by atoms with Crippen molar-refractivity contribution < 1.29 is 19.0 Å². The van der Waals surface area contributed by atoms with Gasteiger partial charge in [0.2, 0.25) is 0 Å². The first-order valence-corrected chi connectivity index (χ1v) is 8.96. The molecular formula is C19H24N8O4. The molecule has 0 atom stereocenters. The van der Waals surface area contributed by atoms with E-state index in [0.29, 0.717) is 22.9 Å². The minimum Gasteiger partial charge on any atom is -0.488 e. The second kappa shape index (κ2) is 13.0. The molecule has 0 radical (unpaired) electrons. The SMILES string of the molecule is CC(C)(C)OC(=O)Nc1ccc(OCN=[N+]=[N-])cc1.[N-]=[N+]=NCOc1ccc(N)cc1. The topological polar surface area (TPSA) is 180 Å². The Morgan fingerprint density at radius 1 is 0.935 bits per heavy atom. The summed E-state index contributed by atoms with van der Waals surface area (Å²) in [6.07, 6.45) is -0.518. The molecule has 0 bridgehead atoms. The normalized spacial score (nSPS) is 9.65. The molecule has 31 heavy (non-hydrogen) atoms. The maximum absolute atomic E-state index is 11.5. The Kier molecular flexibility index (Phi) is 10.4. The van der Waals surface area contributed by atoms with Gasteiger partial charge in [0.25, 0.3) is 0 Å². The third kappa shape index (κ3) is 12.0. The van der Waals surface area contributed by atoms with Crippen molar-refractivity contribution >= 4 is 17.5 Å². The van der Waals surface area contributed by atoms with E-state index >= 15 is 0 Å². The smallest absolute Gasteiger partial charge is 0.412 e. The summed E-state index contributed by atoms with van der Waals surface area (Å²) >= 11 is 0. The zero-order valence-electron chi connectivity index (χ0n) is 17.4. The minimum absolute atomic E-state index is 0.000415. The largest absolute Gasteiger partial charge is 0.488 e. The van der Waals surface area contributed by atoms with Gasteiger partial charge in [-0.3, -0.25) is 5.32 Å². The second-order valence-electron chi connectivity index (χ2n) is 6.73. The highest BCUT2D eigenvalue weighted by atomic mass is 16.6. The van der Waals surface area contributed by atoms with Gasteiger partial charge in [0.15, 0.2) is 13.5 Å². The Morgan fingerprint density at radius 3 is 1.81 bits per heavy atom. The van der Waals surface area contributed by atoms with Gasteiger partial charge in [-0.25, -0.2) is 4.79 Å². The van der Waals surface area contributed by atoms with Gasteiger partial charge in [0.1, 0.15) is 17.1 Å². The number of nitrogens with one attached hydrogen (secondary N) is 1. The van der Waals surface area contributed by atoms with Gasteiger partial charge >= 0.3 is 6.09 Å². The number of amides is 1. The van der Waals surface area contributed by atoms with E-state index in [4.69, 9.17) is 31.0 Å². The third-order valence-corrected chi connectivity index (χ3v) is 3.08. The number of carbonyl (C=O) groups is 1. The van der Waals surface area contributed by atoms with Crippen LogP contribution in [0, 0.1) is 0 Å². The van der Waals surface area contributed by atoms with Crippen LogP contribution >= 0.6 is 0 Å². The first-order chi connectivity index (χ1) is 14.7. The Labute approximate surface area is 179 Å². The zero-order valence-corrected chi connectivity index (χ0v) is 17.4. The molecule has 3 N–H and O–H groups in total. The molecule has 0 aliphatic heterocycles. The molecule has 0 spiro atoms. The predicted molar refractivity (Wildman–Crippen MR) is 116 cm³/mol. The van der Waals surface area contributed by atoms with E-state index in [9.17, 15) is 4.79 Å². The number of carbonyl (C=O) groups excluding carboxylic acids is 1. The van der Waals surface area contributed by atoms with Gasteiger partial charge in [-0.1, -0.05) is 10.2 Å². The molecule has 2 rings (SSSR count). The van der Waals surface area contributed by atoms with Crippen LogP contribution in [0.1, 0.15) is 20.8 Å². The summed E-state index contributed by atoms with van der Waals surface area (Å²) in [5.41, 5.74) is 22.2. The van der Waals surface area contributed by atoms with Crippen LogP contribution in [0.25, 0.3) is 20.9 Å². The molecule has 0 aliphatic carbocycles. The molecule has 0 heterocycles. The average molecular weight is 428 g/mol. The molecule has 12 heteroatoms. The van der Waals surface area contributed by atoms with E-state index < -0.39 is 11.7 Å². The van der Waals surface area contributed by atoms with Crippen molar-refractivity contribution in [2.24, 2.45) is 10.2 Å². The van der Waals surface area contributed by atoms with E-state index in [1.54, 1.807) is 69.3 Å². The molecule has 1 amide bonds. The molecular weight excluding hydrogens is 404 g/mol. The summed E-state index contributed by atoms with van der Waals surface area (Å²) in [4.78, 5) is 16.6. The highest BCUT2D eigenvalue weighted by Crippen LogP contribution is 2.17. The van der Waals surface area contributed by atoms with Gasteiger partial charge in [-0.2, -0.15) is 0 Å². The van der Waals surface area contributed by atoms with E-state index in [1.807, 2.05) is 0 Å². The van der Waals surface area contributed by atoms with Gasteiger partial charge in [0.05, 0.1) is 0 Å². The standard InChI is InChI=1S/C12H16N4O3.C7H8N4O/c1-12(2,3)19-11(17)15-9-4-6-10(7-5-9)18-8-14-16-13;8-6-1-3-7(4-2-6)12-5-10-11-9/h4-7H,8H2,1-3H3,(H,15,17);1-4H,5,8H2. The quantitative estimate of drug-likeness (QED) is 0.251. The zero-order chi connectivity index (χ0) is 23.1. The molecule has 0 saturated heterocycles. The van der Waals surface area contributed by atoms with Crippen molar-refractivity contribution in [3.05, 3.63) is 69.4 Å². The molecule has 2 aromatic rings. The lowest BCUT2D eigenvalue weighted by Gasteiger charge is -2.19.